The number of hydrogen-bond donors (Lipinski definition) is 1. The molecule has 2 aromatic carbocycles. The topological polar surface area (TPSA) is 69.7 Å². The Kier molecular flexibility index (Phi) is 6.34. The molecule has 1 N–H and O–H groups in total. The number of carbonyl (C=O) groups excluding carboxylic acids is 1. The van der Waals surface area contributed by atoms with Crippen LogP contribution in [0.5, 0.6) is 0 Å². The predicted molar refractivity (Wildman–Crippen MR) is 123 cm³/mol. The van der Waals surface area contributed by atoms with E-state index < -0.39 is 10.0 Å². The molecular formula is C24H31N3O3S. The van der Waals surface area contributed by atoms with Crippen LogP contribution in [0.3, 0.4) is 0 Å². The molecule has 2 aliphatic heterocycles. The third kappa shape index (κ3) is 5.10. The van der Waals surface area contributed by atoms with Gasteiger partial charge in [-0.2, -0.15) is 0 Å². The van der Waals surface area contributed by atoms with Crippen molar-refractivity contribution >= 4 is 16.1 Å². The molecule has 2 aliphatic rings. The lowest BCUT2D eigenvalue weighted by Gasteiger charge is -2.32. The van der Waals surface area contributed by atoms with Crippen LogP contribution in [0.25, 0.3) is 11.1 Å². The lowest BCUT2D eigenvalue weighted by molar-refractivity contribution is 0.154. The van der Waals surface area contributed by atoms with E-state index in [0.29, 0.717) is 25.9 Å². The van der Waals surface area contributed by atoms with Gasteiger partial charge in [0.2, 0.25) is 10.0 Å². The largest absolute Gasteiger partial charge is 0.328 e. The number of amides is 2. The van der Waals surface area contributed by atoms with Gasteiger partial charge in [0.05, 0.1) is 12.3 Å². The zero-order valence-corrected chi connectivity index (χ0v) is 19.1. The first kappa shape index (κ1) is 21.8. The first-order valence-corrected chi connectivity index (χ1v) is 12.9. The van der Waals surface area contributed by atoms with Crippen molar-refractivity contribution in [1.82, 2.24) is 14.5 Å². The van der Waals surface area contributed by atoms with Crippen molar-refractivity contribution in [3.8, 4) is 11.1 Å². The monoisotopic (exact) mass is 441 g/mol. The minimum absolute atomic E-state index is 0.0172. The molecule has 2 amide bonds. The standard InChI is InChI=1S/C24H31N3O3S/c1-26-14-6-5-10-19-9-3-4-12-21(19)20-11-7-8-18(16-20)17-23-22(25-31(2,29)30)13-15-27(23)24(26)28/h3-4,7-9,11-12,16,22-23,25H,5-6,10,13-15,17H2,1-2H3. The van der Waals surface area contributed by atoms with Gasteiger partial charge in [-0.05, 0) is 54.4 Å². The van der Waals surface area contributed by atoms with Crippen molar-refractivity contribution in [3.05, 3.63) is 59.7 Å². The van der Waals surface area contributed by atoms with Crippen molar-refractivity contribution < 1.29 is 13.2 Å². The van der Waals surface area contributed by atoms with E-state index in [9.17, 15) is 13.2 Å². The van der Waals surface area contributed by atoms with E-state index in [4.69, 9.17) is 0 Å². The molecular weight excluding hydrogens is 410 g/mol. The van der Waals surface area contributed by atoms with Crippen molar-refractivity contribution in [3.63, 3.8) is 0 Å². The normalized spacial score (nSPS) is 22.6. The SMILES string of the molecule is CN1CCCCc2ccccc2-c2cccc(c2)CC2C(NS(C)(=O)=O)CCN2C1=O. The Morgan fingerprint density at radius 3 is 2.65 bits per heavy atom. The molecule has 0 radical (unpaired) electrons. The van der Waals surface area contributed by atoms with Crippen LogP contribution in [0, 0.1) is 0 Å². The number of nitrogens with zero attached hydrogens (tertiary/aromatic N) is 2. The van der Waals surface area contributed by atoms with Crippen molar-refractivity contribution in [2.45, 2.75) is 44.2 Å². The molecule has 0 spiro atoms. The second kappa shape index (κ2) is 9.01. The third-order valence-corrected chi connectivity index (χ3v) is 7.10. The fourth-order valence-electron chi connectivity index (χ4n) is 4.86. The summed E-state index contributed by atoms with van der Waals surface area (Å²) in [5.74, 6) is 0. The molecule has 166 valence electrons. The molecule has 0 saturated carbocycles. The lowest BCUT2D eigenvalue weighted by Crippen LogP contribution is -2.50. The van der Waals surface area contributed by atoms with Gasteiger partial charge in [0.15, 0.2) is 0 Å². The van der Waals surface area contributed by atoms with Crippen LogP contribution in [0.1, 0.15) is 30.4 Å². The molecule has 4 rings (SSSR count). The molecule has 2 bridgehead atoms. The number of fused-ring (bicyclic) bond motifs is 5. The molecule has 0 aromatic heterocycles. The quantitative estimate of drug-likeness (QED) is 0.778. The number of nitrogens with one attached hydrogen (secondary N) is 1. The average Bonchev–Trinajstić information content (AvgIpc) is 3.10. The molecule has 1 fully saturated rings. The van der Waals surface area contributed by atoms with E-state index in [1.54, 1.807) is 4.90 Å². The fourth-order valence-corrected chi connectivity index (χ4v) is 5.69. The van der Waals surface area contributed by atoms with Crippen LogP contribution in [0.4, 0.5) is 4.79 Å². The second-order valence-corrected chi connectivity index (χ2v) is 10.5. The van der Waals surface area contributed by atoms with Crippen LogP contribution in [0.2, 0.25) is 0 Å². The van der Waals surface area contributed by atoms with Gasteiger partial charge in [-0.25, -0.2) is 17.9 Å². The zero-order valence-electron chi connectivity index (χ0n) is 18.3. The molecule has 0 aliphatic carbocycles. The van der Waals surface area contributed by atoms with Crippen molar-refractivity contribution in [1.29, 1.82) is 0 Å². The summed E-state index contributed by atoms with van der Waals surface area (Å²) in [6, 6.07) is 16.5. The van der Waals surface area contributed by atoms with Crippen LogP contribution in [-0.2, 0) is 22.9 Å². The van der Waals surface area contributed by atoms with Crippen LogP contribution in [-0.4, -0.2) is 62.7 Å². The highest BCUT2D eigenvalue weighted by Crippen LogP contribution is 2.29. The molecule has 2 atom stereocenters. The number of sulfonamides is 1. The number of carbonyl (C=O) groups is 1. The van der Waals surface area contributed by atoms with Gasteiger partial charge in [-0.3, -0.25) is 0 Å². The van der Waals surface area contributed by atoms with Gasteiger partial charge in [0, 0.05) is 26.2 Å². The summed E-state index contributed by atoms with van der Waals surface area (Å²) in [4.78, 5) is 16.8. The fraction of sp³-hybridized carbons (Fsp3) is 0.458. The molecule has 2 unspecified atom stereocenters. The molecule has 2 heterocycles. The Hall–Kier alpha value is -2.38. The predicted octanol–water partition coefficient (Wildman–Crippen LogP) is 3.28. The van der Waals surface area contributed by atoms with E-state index in [-0.39, 0.29) is 18.1 Å². The van der Waals surface area contributed by atoms with Crippen LogP contribution in [0.15, 0.2) is 48.5 Å². The number of hydrogen-bond acceptors (Lipinski definition) is 3. The molecule has 7 heteroatoms. The van der Waals surface area contributed by atoms with Crippen molar-refractivity contribution in [2.75, 3.05) is 26.4 Å². The summed E-state index contributed by atoms with van der Waals surface area (Å²) in [6.45, 7) is 1.25. The Bertz CT molecular complexity index is 1050. The van der Waals surface area contributed by atoms with Gasteiger partial charge in [-0.1, -0.05) is 48.5 Å². The van der Waals surface area contributed by atoms with Gasteiger partial charge in [0.1, 0.15) is 0 Å². The summed E-state index contributed by atoms with van der Waals surface area (Å²) in [7, 11) is -1.52. The highest BCUT2D eigenvalue weighted by Gasteiger charge is 2.39. The summed E-state index contributed by atoms with van der Waals surface area (Å²) in [5, 5.41) is 0. The number of benzene rings is 2. The highest BCUT2D eigenvalue weighted by molar-refractivity contribution is 7.88. The molecule has 31 heavy (non-hydrogen) atoms. The van der Waals surface area contributed by atoms with Crippen molar-refractivity contribution in [2.24, 2.45) is 0 Å². The maximum Gasteiger partial charge on any atom is 0.320 e. The molecule has 2 aromatic rings. The van der Waals surface area contributed by atoms with Crippen LogP contribution >= 0.6 is 0 Å². The van der Waals surface area contributed by atoms with Gasteiger partial charge in [0.25, 0.3) is 0 Å². The maximum absolute atomic E-state index is 13.2. The van der Waals surface area contributed by atoms with Gasteiger partial charge >= 0.3 is 6.03 Å². The third-order valence-electron chi connectivity index (χ3n) is 6.37. The van der Waals surface area contributed by atoms with Gasteiger partial charge in [-0.15, -0.1) is 0 Å². The van der Waals surface area contributed by atoms with E-state index in [0.717, 1.165) is 24.8 Å². The Labute approximate surface area is 185 Å². The lowest BCUT2D eigenvalue weighted by atomic mass is 9.93. The zero-order chi connectivity index (χ0) is 22.0. The second-order valence-electron chi connectivity index (χ2n) is 8.77. The summed E-state index contributed by atoms with van der Waals surface area (Å²) < 4.78 is 26.7. The Morgan fingerprint density at radius 1 is 1.03 bits per heavy atom. The first-order valence-electron chi connectivity index (χ1n) is 11.0. The number of aryl methyl sites for hydroxylation is 1. The Morgan fingerprint density at radius 2 is 1.84 bits per heavy atom. The smallest absolute Gasteiger partial charge is 0.320 e. The summed E-state index contributed by atoms with van der Waals surface area (Å²) in [5.41, 5.74) is 4.85. The van der Waals surface area contributed by atoms with E-state index in [1.807, 2.05) is 11.9 Å². The summed E-state index contributed by atoms with van der Waals surface area (Å²) >= 11 is 0. The van der Waals surface area contributed by atoms with E-state index in [2.05, 4.69) is 53.3 Å². The van der Waals surface area contributed by atoms with E-state index in [1.165, 1.54) is 22.9 Å². The summed E-state index contributed by atoms with van der Waals surface area (Å²) in [6.07, 6.45) is 5.35. The highest BCUT2D eigenvalue weighted by atomic mass is 32.2. The van der Waals surface area contributed by atoms with Gasteiger partial charge < -0.3 is 9.80 Å². The Balaban J connectivity index is 1.73. The van der Waals surface area contributed by atoms with E-state index >= 15 is 0 Å². The minimum atomic E-state index is -3.36. The molecule has 6 nitrogen and oxygen atoms in total. The van der Waals surface area contributed by atoms with Crippen LogP contribution < -0.4 is 4.72 Å². The molecule has 1 saturated heterocycles. The average molecular weight is 442 g/mol. The minimum Gasteiger partial charge on any atom is -0.328 e. The number of urea groups is 1. The number of rotatable bonds is 2. The maximum atomic E-state index is 13.2. The first-order chi connectivity index (χ1) is 14.8.